The Kier molecular flexibility index (Phi) is 5.03. The minimum absolute atomic E-state index is 0.0538. The Labute approximate surface area is 192 Å². The van der Waals surface area contributed by atoms with Crippen LogP contribution >= 0.6 is 22.7 Å². The lowest BCUT2D eigenvalue weighted by Crippen LogP contribution is -2.30. The predicted octanol–water partition coefficient (Wildman–Crippen LogP) is 5.46. The van der Waals surface area contributed by atoms with E-state index in [0.29, 0.717) is 21.3 Å². The van der Waals surface area contributed by atoms with Crippen molar-refractivity contribution in [2.75, 3.05) is 12.0 Å². The fourth-order valence-corrected chi connectivity index (χ4v) is 5.57. The van der Waals surface area contributed by atoms with Crippen LogP contribution in [0.5, 0.6) is 5.75 Å². The molecule has 0 spiro atoms. The van der Waals surface area contributed by atoms with Crippen LogP contribution in [-0.2, 0) is 4.79 Å². The minimum Gasteiger partial charge on any atom is -0.503 e. The van der Waals surface area contributed by atoms with Gasteiger partial charge in [-0.2, -0.15) is 0 Å². The standard InChI is InChI=1S/C24H18N2O4S2/c1-13-5-10-16-18(12-13)32-24(25-16)26-20(14-6-8-15(30-2)9-7-14)19(22(28)23(26)29)21(27)17-4-3-11-31-17/h3-12,20,28H,1-2H3. The highest BCUT2D eigenvalue weighted by Gasteiger charge is 2.46. The Morgan fingerprint density at radius 3 is 2.62 bits per heavy atom. The smallest absolute Gasteiger partial charge is 0.296 e. The highest BCUT2D eigenvalue weighted by molar-refractivity contribution is 7.22. The number of ketones is 1. The molecule has 0 fully saturated rings. The number of rotatable bonds is 5. The summed E-state index contributed by atoms with van der Waals surface area (Å²) in [4.78, 5) is 33.1. The summed E-state index contributed by atoms with van der Waals surface area (Å²) >= 11 is 2.62. The summed E-state index contributed by atoms with van der Waals surface area (Å²) in [6.07, 6.45) is 0. The maximum atomic E-state index is 13.3. The molecule has 1 atom stereocenters. The van der Waals surface area contributed by atoms with Crippen molar-refractivity contribution < 1.29 is 19.4 Å². The molecular weight excluding hydrogens is 444 g/mol. The number of carbonyl (C=O) groups is 2. The molecule has 1 aliphatic rings. The van der Waals surface area contributed by atoms with Crippen LogP contribution in [0.4, 0.5) is 5.13 Å². The number of benzene rings is 2. The Hall–Kier alpha value is -3.49. The molecule has 3 heterocycles. The van der Waals surface area contributed by atoms with E-state index in [4.69, 9.17) is 4.74 Å². The Morgan fingerprint density at radius 2 is 1.94 bits per heavy atom. The number of aliphatic hydroxyl groups excluding tert-OH is 1. The largest absolute Gasteiger partial charge is 0.503 e. The van der Waals surface area contributed by atoms with Crippen molar-refractivity contribution in [3.63, 3.8) is 0 Å². The Bertz CT molecular complexity index is 1370. The van der Waals surface area contributed by atoms with Gasteiger partial charge in [-0.15, -0.1) is 11.3 Å². The van der Waals surface area contributed by atoms with E-state index in [2.05, 4.69) is 4.98 Å². The number of Topliss-reactive ketones (excluding diaryl/α,β-unsaturated/α-hetero) is 1. The van der Waals surface area contributed by atoms with E-state index in [1.165, 1.54) is 27.6 Å². The molecule has 160 valence electrons. The molecule has 5 rings (SSSR count). The van der Waals surface area contributed by atoms with Gasteiger partial charge >= 0.3 is 0 Å². The number of carbonyl (C=O) groups excluding carboxylic acids is 2. The summed E-state index contributed by atoms with van der Waals surface area (Å²) in [5.41, 5.74) is 2.58. The van der Waals surface area contributed by atoms with E-state index < -0.39 is 17.7 Å². The second kappa shape index (κ2) is 7.89. The molecule has 1 aliphatic heterocycles. The number of thiophene rings is 1. The molecule has 0 radical (unpaired) electrons. The van der Waals surface area contributed by atoms with Gasteiger partial charge in [0.2, 0.25) is 5.78 Å². The van der Waals surface area contributed by atoms with Gasteiger partial charge in [-0.3, -0.25) is 14.5 Å². The number of amides is 1. The maximum Gasteiger partial charge on any atom is 0.296 e. The van der Waals surface area contributed by atoms with Gasteiger partial charge in [0.25, 0.3) is 5.91 Å². The molecule has 0 aliphatic carbocycles. The summed E-state index contributed by atoms with van der Waals surface area (Å²) in [7, 11) is 1.57. The third-order valence-corrected chi connectivity index (χ3v) is 7.25. The normalized spacial score (nSPS) is 16.2. The molecule has 0 saturated carbocycles. The van der Waals surface area contributed by atoms with Crippen LogP contribution in [0.15, 0.2) is 71.3 Å². The van der Waals surface area contributed by atoms with E-state index in [9.17, 15) is 14.7 Å². The summed E-state index contributed by atoms with van der Waals surface area (Å²) < 4.78 is 6.18. The molecule has 2 aromatic carbocycles. The molecule has 8 heteroatoms. The van der Waals surface area contributed by atoms with Crippen molar-refractivity contribution in [3.8, 4) is 5.75 Å². The number of nitrogens with zero attached hydrogens (tertiary/aromatic N) is 2. The SMILES string of the molecule is COc1ccc(C2C(C(=O)c3cccs3)=C(O)C(=O)N2c2nc3ccc(C)cc3s2)cc1. The number of thiazole rings is 1. The topological polar surface area (TPSA) is 79.7 Å². The Morgan fingerprint density at radius 1 is 1.16 bits per heavy atom. The van der Waals surface area contributed by atoms with E-state index in [0.717, 1.165) is 15.8 Å². The number of hydrogen-bond donors (Lipinski definition) is 1. The fraction of sp³-hybridized carbons (Fsp3) is 0.125. The van der Waals surface area contributed by atoms with Crippen molar-refractivity contribution >= 4 is 49.7 Å². The van der Waals surface area contributed by atoms with Gasteiger partial charge in [0, 0.05) is 0 Å². The number of ether oxygens (including phenoxy) is 1. The van der Waals surface area contributed by atoms with E-state index in [1.807, 2.05) is 25.1 Å². The minimum atomic E-state index is -0.801. The van der Waals surface area contributed by atoms with Gasteiger partial charge < -0.3 is 9.84 Å². The zero-order valence-corrected chi connectivity index (χ0v) is 18.9. The second-order valence-corrected chi connectivity index (χ2v) is 9.34. The van der Waals surface area contributed by atoms with Crippen LogP contribution in [0.1, 0.15) is 26.8 Å². The molecule has 4 aromatic rings. The zero-order valence-electron chi connectivity index (χ0n) is 17.2. The highest BCUT2D eigenvalue weighted by Crippen LogP contribution is 2.44. The van der Waals surface area contributed by atoms with Gasteiger partial charge in [-0.25, -0.2) is 4.98 Å². The van der Waals surface area contributed by atoms with E-state index in [-0.39, 0.29) is 11.4 Å². The van der Waals surface area contributed by atoms with Crippen molar-refractivity contribution in [3.05, 3.63) is 87.3 Å². The van der Waals surface area contributed by atoms with Crippen LogP contribution in [0.25, 0.3) is 10.2 Å². The van der Waals surface area contributed by atoms with Crippen LogP contribution in [0.2, 0.25) is 0 Å². The molecule has 0 bridgehead atoms. The van der Waals surface area contributed by atoms with Gasteiger partial charge in [0.15, 0.2) is 10.9 Å². The van der Waals surface area contributed by atoms with Gasteiger partial charge in [0.1, 0.15) is 5.75 Å². The molecule has 6 nitrogen and oxygen atoms in total. The number of hydrogen-bond acceptors (Lipinski definition) is 7. The van der Waals surface area contributed by atoms with Crippen LogP contribution in [0.3, 0.4) is 0 Å². The van der Waals surface area contributed by atoms with E-state index in [1.54, 1.807) is 48.9 Å². The molecule has 32 heavy (non-hydrogen) atoms. The van der Waals surface area contributed by atoms with Crippen molar-refractivity contribution in [2.24, 2.45) is 0 Å². The lowest BCUT2D eigenvalue weighted by molar-refractivity contribution is -0.117. The third kappa shape index (κ3) is 3.28. The molecule has 1 amide bonds. The summed E-state index contributed by atoms with van der Waals surface area (Å²) in [5.74, 6) is -0.897. The second-order valence-electron chi connectivity index (χ2n) is 7.39. The monoisotopic (exact) mass is 462 g/mol. The first-order valence-corrected chi connectivity index (χ1v) is 11.5. The Balaban J connectivity index is 1.67. The summed E-state index contributed by atoms with van der Waals surface area (Å²) in [6.45, 7) is 1.99. The third-order valence-electron chi connectivity index (χ3n) is 5.37. The van der Waals surface area contributed by atoms with E-state index >= 15 is 0 Å². The molecule has 1 unspecified atom stereocenters. The first-order chi connectivity index (χ1) is 15.5. The lowest BCUT2D eigenvalue weighted by atomic mass is 9.95. The van der Waals surface area contributed by atoms with Crippen molar-refractivity contribution in [2.45, 2.75) is 13.0 Å². The number of anilines is 1. The van der Waals surface area contributed by atoms with Crippen molar-refractivity contribution in [1.29, 1.82) is 0 Å². The summed E-state index contributed by atoms with van der Waals surface area (Å²) in [6, 6.07) is 15.6. The number of methoxy groups -OCH3 is 1. The average molecular weight is 463 g/mol. The molecular formula is C24H18N2O4S2. The predicted molar refractivity (Wildman–Crippen MR) is 126 cm³/mol. The number of aryl methyl sites for hydroxylation is 1. The quantitative estimate of drug-likeness (QED) is 0.399. The van der Waals surface area contributed by atoms with Crippen LogP contribution < -0.4 is 9.64 Å². The first kappa shape index (κ1) is 20.4. The van der Waals surface area contributed by atoms with Crippen LogP contribution in [0, 0.1) is 6.92 Å². The molecule has 1 N–H and O–H groups in total. The van der Waals surface area contributed by atoms with Gasteiger partial charge in [-0.1, -0.05) is 35.6 Å². The highest BCUT2D eigenvalue weighted by atomic mass is 32.1. The summed E-state index contributed by atoms with van der Waals surface area (Å²) in [5, 5.41) is 13.1. The molecule has 2 aromatic heterocycles. The maximum absolute atomic E-state index is 13.3. The number of aromatic nitrogens is 1. The zero-order chi connectivity index (χ0) is 22.4. The average Bonchev–Trinajstić information content (AvgIpc) is 3.52. The lowest BCUT2D eigenvalue weighted by Gasteiger charge is -2.24. The number of aliphatic hydroxyl groups is 1. The van der Waals surface area contributed by atoms with Gasteiger partial charge in [-0.05, 0) is 53.8 Å². The first-order valence-electron chi connectivity index (χ1n) is 9.84. The fourth-order valence-electron chi connectivity index (χ4n) is 3.80. The van der Waals surface area contributed by atoms with Crippen molar-refractivity contribution in [1.82, 2.24) is 4.98 Å². The van der Waals surface area contributed by atoms with Gasteiger partial charge in [0.05, 0.1) is 33.8 Å². The molecule has 0 saturated heterocycles. The van der Waals surface area contributed by atoms with Crippen LogP contribution in [-0.4, -0.2) is 28.9 Å². The number of fused-ring (bicyclic) bond motifs is 1.